The van der Waals surface area contributed by atoms with Gasteiger partial charge in [-0.05, 0) is 34.5 Å². The average Bonchev–Trinajstić information content (AvgIpc) is 2.43. The number of halogens is 1. The van der Waals surface area contributed by atoms with Crippen molar-refractivity contribution in [3.05, 3.63) is 20.3 Å². The van der Waals surface area contributed by atoms with E-state index in [2.05, 4.69) is 21.9 Å². The first-order valence-electron chi connectivity index (χ1n) is 3.51. The fourth-order valence-electron chi connectivity index (χ4n) is 0.739. The molecule has 1 rings (SSSR count). The lowest BCUT2D eigenvalue weighted by molar-refractivity contribution is 0.0562. The molecule has 0 radical (unpaired) electrons. The molecule has 0 aliphatic rings. The van der Waals surface area contributed by atoms with Crippen LogP contribution < -0.4 is 0 Å². The van der Waals surface area contributed by atoms with Gasteiger partial charge in [-0.25, -0.2) is 4.79 Å². The van der Waals surface area contributed by atoms with Crippen LogP contribution in [0.25, 0.3) is 0 Å². The van der Waals surface area contributed by atoms with Crippen LogP contribution >= 0.6 is 27.3 Å². The van der Waals surface area contributed by atoms with Crippen LogP contribution in [0.15, 0.2) is 9.85 Å². The van der Waals surface area contributed by atoms with Gasteiger partial charge in [0, 0.05) is 0 Å². The molecule has 4 heteroatoms. The molecule has 1 aromatic rings. The van der Waals surface area contributed by atoms with E-state index in [1.165, 1.54) is 11.3 Å². The van der Waals surface area contributed by atoms with E-state index in [0.717, 1.165) is 9.35 Å². The summed E-state index contributed by atoms with van der Waals surface area (Å²) in [5, 5.41) is 0. The first-order chi connectivity index (χ1) is 6.15. The Labute approximate surface area is 89.0 Å². The molecule has 0 amide bonds. The number of carbonyl (C=O) groups is 1. The number of thiophene rings is 1. The van der Waals surface area contributed by atoms with Gasteiger partial charge >= 0.3 is 5.97 Å². The summed E-state index contributed by atoms with van der Waals surface area (Å²) < 4.78 is 5.70. The van der Waals surface area contributed by atoms with Crippen molar-refractivity contribution in [2.75, 3.05) is 6.61 Å². The summed E-state index contributed by atoms with van der Waals surface area (Å²) in [6.45, 7) is 1.94. The Morgan fingerprint density at radius 1 is 1.85 bits per heavy atom. The van der Waals surface area contributed by atoms with Gasteiger partial charge in [0.1, 0.15) is 4.88 Å². The molecular weight excluding hydrogens is 252 g/mol. The summed E-state index contributed by atoms with van der Waals surface area (Å²) in [4.78, 5) is 11.8. The highest BCUT2D eigenvalue weighted by Gasteiger charge is 2.11. The van der Waals surface area contributed by atoms with Crippen LogP contribution in [0.2, 0.25) is 0 Å². The Morgan fingerprint density at radius 2 is 2.54 bits per heavy atom. The van der Waals surface area contributed by atoms with Crippen molar-refractivity contribution < 1.29 is 9.53 Å². The minimum Gasteiger partial charge on any atom is -0.448 e. The molecule has 0 N–H and O–H groups in total. The lowest BCUT2D eigenvalue weighted by atomic mass is 10.3. The van der Waals surface area contributed by atoms with Crippen molar-refractivity contribution in [3.8, 4) is 12.3 Å². The number of rotatable bonds is 2. The summed E-state index contributed by atoms with van der Waals surface area (Å²) in [7, 11) is 0. The van der Waals surface area contributed by atoms with Crippen LogP contribution in [-0.4, -0.2) is 12.6 Å². The monoisotopic (exact) mass is 258 g/mol. The zero-order valence-corrected chi connectivity index (χ0v) is 9.37. The van der Waals surface area contributed by atoms with E-state index in [1.54, 1.807) is 6.07 Å². The maximum absolute atomic E-state index is 11.2. The number of hydrogen-bond donors (Lipinski definition) is 0. The molecule has 1 heterocycles. The van der Waals surface area contributed by atoms with E-state index < -0.39 is 0 Å². The van der Waals surface area contributed by atoms with Gasteiger partial charge in [-0.3, -0.25) is 0 Å². The second-order valence-electron chi connectivity index (χ2n) is 2.35. The first kappa shape index (κ1) is 10.3. The smallest absolute Gasteiger partial charge is 0.349 e. The normalized spacial score (nSPS) is 9.31. The summed E-state index contributed by atoms with van der Waals surface area (Å²) in [6, 6.07) is 1.77. The topological polar surface area (TPSA) is 26.3 Å². The van der Waals surface area contributed by atoms with E-state index in [9.17, 15) is 4.79 Å². The van der Waals surface area contributed by atoms with E-state index in [-0.39, 0.29) is 12.6 Å². The quantitative estimate of drug-likeness (QED) is 0.602. The number of esters is 1. The van der Waals surface area contributed by atoms with Crippen LogP contribution in [0, 0.1) is 19.3 Å². The van der Waals surface area contributed by atoms with Crippen molar-refractivity contribution >= 4 is 33.2 Å². The molecular formula is C9H7BrO2S. The lowest BCUT2D eigenvalue weighted by Gasteiger charge is -1.95. The number of terminal acetylenes is 1. The average molecular weight is 259 g/mol. The van der Waals surface area contributed by atoms with Crippen molar-refractivity contribution in [2.24, 2.45) is 0 Å². The maximum atomic E-state index is 11.2. The molecule has 13 heavy (non-hydrogen) atoms. The number of aryl methyl sites for hydroxylation is 1. The first-order valence-corrected chi connectivity index (χ1v) is 5.12. The summed E-state index contributed by atoms with van der Waals surface area (Å²) in [5.74, 6) is 1.88. The molecule has 0 aliphatic heterocycles. The molecule has 0 bridgehead atoms. The summed E-state index contributed by atoms with van der Waals surface area (Å²) >= 11 is 4.67. The van der Waals surface area contributed by atoms with Crippen LogP contribution in [0.5, 0.6) is 0 Å². The van der Waals surface area contributed by atoms with Gasteiger partial charge in [0.15, 0.2) is 6.61 Å². The van der Waals surface area contributed by atoms with Crippen LogP contribution in [-0.2, 0) is 4.74 Å². The molecule has 68 valence electrons. The van der Waals surface area contributed by atoms with Gasteiger partial charge in [-0.2, -0.15) is 0 Å². The SMILES string of the molecule is C#CCOC(=O)c1cc(C)c(Br)s1. The number of ether oxygens (including phenoxy) is 1. The standard InChI is InChI=1S/C9H7BrO2S/c1-3-4-12-9(11)7-5-6(2)8(10)13-7/h1,5H,4H2,2H3. The predicted molar refractivity (Wildman–Crippen MR) is 55.9 cm³/mol. The molecule has 0 saturated carbocycles. The summed E-state index contributed by atoms with van der Waals surface area (Å²) in [6.07, 6.45) is 4.96. The van der Waals surface area contributed by atoms with Gasteiger partial charge < -0.3 is 4.74 Å². The highest BCUT2D eigenvalue weighted by atomic mass is 79.9. The Hall–Kier alpha value is -0.790. The van der Waals surface area contributed by atoms with Crippen LogP contribution in [0.3, 0.4) is 0 Å². The van der Waals surface area contributed by atoms with Gasteiger partial charge in [-0.15, -0.1) is 17.8 Å². The highest BCUT2D eigenvalue weighted by Crippen LogP contribution is 2.27. The molecule has 0 saturated heterocycles. The highest BCUT2D eigenvalue weighted by molar-refractivity contribution is 9.11. The number of hydrogen-bond acceptors (Lipinski definition) is 3. The maximum Gasteiger partial charge on any atom is 0.349 e. The fourth-order valence-corrected chi connectivity index (χ4v) is 2.17. The van der Waals surface area contributed by atoms with Crippen molar-refractivity contribution in [3.63, 3.8) is 0 Å². The van der Waals surface area contributed by atoms with Gasteiger partial charge in [0.05, 0.1) is 3.79 Å². The van der Waals surface area contributed by atoms with Crippen molar-refractivity contribution in [1.29, 1.82) is 0 Å². The molecule has 2 nitrogen and oxygen atoms in total. The molecule has 0 fully saturated rings. The third kappa shape index (κ3) is 2.58. The largest absolute Gasteiger partial charge is 0.448 e. The Bertz CT molecular complexity index is 343. The Kier molecular flexibility index (Phi) is 3.52. The molecule has 0 unspecified atom stereocenters. The Balaban J connectivity index is 2.73. The van der Waals surface area contributed by atoms with E-state index >= 15 is 0 Å². The second-order valence-corrected chi connectivity index (χ2v) is 4.72. The lowest BCUT2D eigenvalue weighted by Crippen LogP contribution is -2.02. The third-order valence-electron chi connectivity index (χ3n) is 1.34. The van der Waals surface area contributed by atoms with Gasteiger partial charge in [-0.1, -0.05) is 5.92 Å². The third-order valence-corrected chi connectivity index (χ3v) is 3.46. The minimum atomic E-state index is -0.364. The molecule has 0 spiro atoms. The van der Waals surface area contributed by atoms with Crippen molar-refractivity contribution in [1.82, 2.24) is 0 Å². The zero-order chi connectivity index (χ0) is 9.84. The second kappa shape index (κ2) is 4.45. The fraction of sp³-hybridized carbons (Fsp3) is 0.222. The van der Waals surface area contributed by atoms with Gasteiger partial charge in [0.2, 0.25) is 0 Å². The minimum absolute atomic E-state index is 0.0212. The Morgan fingerprint density at radius 3 is 3.00 bits per heavy atom. The van der Waals surface area contributed by atoms with E-state index in [0.29, 0.717) is 4.88 Å². The van der Waals surface area contributed by atoms with Crippen LogP contribution in [0.1, 0.15) is 15.2 Å². The van der Waals surface area contributed by atoms with Crippen molar-refractivity contribution in [2.45, 2.75) is 6.92 Å². The van der Waals surface area contributed by atoms with E-state index in [1.807, 2.05) is 6.92 Å². The summed E-state index contributed by atoms with van der Waals surface area (Å²) in [5.41, 5.74) is 1.03. The molecule has 0 aliphatic carbocycles. The molecule has 0 atom stereocenters. The molecule has 0 aromatic carbocycles. The van der Waals surface area contributed by atoms with Gasteiger partial charge in [0.25, 0.3) is 0 Å². The van der Waals surface area contributed by atoms with Crippen LogP contribution in [0.4, 0.5) is 0 Å². The number of carbonyl (C=O) groups excluding carboxylic acids is 1. The van der Waals surface area contributed by atoms with E-state index in [4.69, 9.17) is 11.2 Å². The predicted octanol–water partition coefficient (Wildman–Crippen LogP) is 2.61. The zero-order valence-electron chi connectivity index (χ0n) is 6.96. The molecule has 1 aromatic heterocycles.